The Hall–Kier alpha value is -3.65. The minimum Gasteiger partial charge on any atom is -0.497 e. The van der Waals surface area contributed by atoms with Crippen molar-refractivity contribution in [1.82, 2.24) is 10.2 Å². The van der Waals surface area contributed by atoms with Crippen LogP contribution in [0.3, 0.4) is 0 Å². The van der Waals surface area contributed by atoms with E-state index in [1.54, 1.807) is 13.3 Å². The maximum absolute atomic E-state index is 13.1. The predicted octanol–water partition coefficient (Wildman–Crippen LogP) is 3.64. The summed E-state index contributed by atoms with van der Waals surface area (Å²) >= 11 is 0. The second-order valence-electron chi connectivity index (χ2n) is 8.27. The number of H-pyrrole nitrogens is 1. The van der Waals surface area contributed by atoms with Crippen molar-refractivity contribution in [3.63, 3.8) is 0 Å². The molecule has 3 aromatic rings. The number of carbonyl (C=O) groups is 1. The fourth-order valence-corrected chi connectivity index (χ4v) is 4.07. The monoisotopic (exact) mass is 446 g/mol. The molecule has 8 nitrogen and oxygen atoms in total. The average Bonchev–Trinajstić information content (AvgIpc) is 3.57. The van der Waals surface area contributed by atoms with Crippen molar-refractivity contribution in [1.29, 1.82) is 0 Å². The van der Waals surface area contributed by atoms with Crippen LogP contribution in [0, 0.1) is 5.92 Å². The fourth-order valence-electron chi connectivity index (χ4n) is 4.07. The van der Waals surface area contributed by atoms with Crippen LogP contribution >= 0.6 is 0 Å². The number of nitrogens with one attached hydrogen (secondary N) is 2. The third kappa shape index (κ3) is 4.75. The normalized spacial score (nSPS) is 17.2. The first kappa shape index (κ1) is 21.2. The van der Waals surface area contributed by atoms with Crippen LogP contribution in [-0.4, -0.2) is 48.7 Å². The first-order valence-electron chi connectivity index (χ1n) is 11.0. The first-order valence-corrected chi connectivity index (χ1v) is 11.0. The highest BCUT2D eigenvalue weighted by atomic mass is 16.5. The van der Waals surface area contributed by atoms with E-state index in [1.807, 2.05) is 42.6 Å². The summed E-state index contributed by atoms with van der Waals surface area (Å²) in [7, 11) is 1.64. The molecule has 0 radical (unpaired) electrons. The van der Waals surface area contributed by atoms with Crippen LogP contribution in [0.25, 0.3) is 11.1 Å². The molecule has 0 bridgehead atoms. The molecule has 2 aliphatic heterocycles. The molecule has 1 amide bonds. The van der Waals surface area contributed by atoms with E-state index in [2.05, 4.69) is 20.5 Å². The second-order valence-corrected chi connectivity index (χ2v) is 8.27. The summed E-state index contributed by atoms with van der Waals surface area (Å²) in [6.07, 6.45) is 5.01. The molecule has 3 heterocycles. The van der Waals surface area contributed by atoms with Gasteiger partial charge in [-0.05, 0) is 47.4 Å². The van der Waals surface area contributed by atoms with Crippen LogP contribution in [0.15, 0.2) is 53.8 Å². The van der Waals surface area contributed by atoms with Gasteiger partial charge in [-0.25, -0.2) is 0 Å². The number of rotatable bonds is 7. The minimum absolute atomic E-state index is 0.228. The van der Waals surface area contributed by atoms with E-state index in [4.69, 9.17) is 14.2 Å². The molecule has 1 saturated heterocycles. The number of nitrogens with zero attached hydrogens (tertiary/aromatic N) is 2. The molecule has 0 spiro atoms. The van der Waals surface area contributed by atoms with Crippen LogP contribution in [0.2, 0.25) is 0 Å². The lowest BCUT2D eigenvalue weighted by molar-refractivity contribution is -0.110. The Morgan fingerprint density at radius 2 is 2.15 bits per heavy atom. The zero-order valence-electron chi connectivity index (χ0n) is 18.5. The van der Waals surface area contributed by atoms with Gasteiger partial charge in [-0.1, -0.05) is 12.1 Å². The van der Waals surface area contributed by atoms with E-state index in [9.17, 15) is 4.79 Å². The van der Waals surface area contributed by atoms with Gasteiger partial charge in [0.25, 0.3) is 5.91 Å². The number of aliphatic imine (C=N–C) groups is 1. The van der Waals surface area contributed by atoms with Gasteiger partial charge >= 0.3 is 0 Å². The average molecular weight is 447 g/mol. The van der Waals surface area contributed by atoms with Crippen molar-refractivity contribution in [2.45, 2.75) is 19.4 Å². The molecule has 8 heteroatoms. The Morgan fingerprint density at radius 1 is 1.21 bits per heavy atom. The number of ether oxygens (including phenoxy) is 3. The first-order chi connectivity index (χ1) is 16.2. The van der Waals surface area contributed by atoms with Crippen molar-refractivity contribution in [2.75, 3.05) is 32.2 Å². The Morgan fingerprint density at radius 3 is 2.94 bits per heavy atom. The summed E-state index contributed by atoms with van der Waals surface area (Å²) in [5.74, 6) is 1.51. The maximum Gasteiger partial charge on any atom is 0.270 e. The molecule has 2 aromatic carbocycles. The molecule has 0 saturated carbocycles. The molecule has 33 heavy (non-hydrogen) atoms. The van der Waals surface area contributed by atoms with Gasteiger partial charge in [-0.15, -0.1) is 0 Å². The zero-order valence-corrected chi connectivity index (χ0v) is 18.5. The fraction of sp³-hybridized carbons (Fsp3) is 0.320. The molecule has 2 aliphatic rings. The summed E-state index contributed by atoms with van der Waals surface area (Å²) in [5.41, 5.74) is 5.18. The van der Waals surface area contributed by atoms with E-state index in [1.165, 1.54) is 0 Å². The van der Waals surface area contributed by atoms with E-state index in [0.29, 0.717) is 49.2 Å². The number of fused-ring (bicyclic) bond motifs is 1. The molecule has 1 aromatic heterocycles. The maximum atomic E-state index is 13.1. The van der Waals surface area contributed by atoms with Crippen molar-refractivity contribution >= 4 is 17.3 Å². The molecule has 2 N–H and O–H groups in total. The minimum atomic E-state index is -0.228. The largest absolute Gasteiger partial charge is 0.497 e. The number of hydrogen-bond donors (Lipinski definition) is 2. The summed E-state index contributed by atoms with van der Waals surface area (Å²) < 4.78 is 16.9. The van der Waals surface area contributed by atoms with Gasteiger partial charge in [0.2, 0.25) is 0 Å². The van der Waals surface area contributed by atoms with Gasteiger partial charge in [-0.3, -0.25) is 14.9 Å². The Labute approximate surface area is 192 Å². The van der Waals surface area contributed by atoms with E-state index >= 15 is 0 Å². The SMILES string of the molecule is COc1ccc2c(c1)CC(C(=O)Nc1ccc(-c3cn[nH]c3)cc1OCC1CCOC1)=NC2. The Balaban J connectivity index is 1.35. The van der Waals surface area contributed by atoms with Crippen LogP contribution in [0.1, 0.15) is 17.5 Å². The van der Waals surface area contributed by atoms with Crippen LogP contribution in [0.5, 0.6) is 11.5 Å². The highest BCUT2D eigenvalue weighted by Gasteiger charge is 2.22. The van der Waals surface area contributed by atoms with Gasteiger partial charge in [0.05, 0.1) is 38.8 Å². The molecular weight excluding hydrogens is 420 g/mol. The number of benzene rings is 2. The number of aromatic nitrogens is 2. The highest BCUT2D eigenvalue weighted by Crippen LogP contribution is 2.32. The summed E-state index contributed by atoms with van der Waals surface area (Å²) in [5, 5.41) is 9.86. The molecule has 1 fully saturated rings. The number of hydrogen-bond acceptors (Lipinski definition) is 6. The van der Waals surface area contributed by atoms with Crippen molar-refractivity contribution < 1.29 is 19.0 Å². The molecule has 0 aliphatic carbocycles. The van der Waals surface area contributed by atoms with E-state index in [-0.39, 0.29) is 5.91 Å². The number of aromatic amines is 1. The molecule has 1 atom stereocenters. The van der Waals surface area contributed by atoms with Gasteiger partial charge in [-0.2, -0.15) is 5.10 Å². The van der Waals surface area contributed by atoms with Crippen LogP contribution in [0.4, 0.5) is 5.69 Å². The lowest BCUT2D eigenvalue weighted by Gasteiger charge is -2.19. The van der Waals surface area contributed by atoms with E-state index < -0.39 is 0 Å². The predicted molar refractivity (Wildman–Crippen MR) is 125 cm³/mol. The number of amides is 1. The highest BCUT2D eigenvalue weighted by molar-refractivity contribution is 6.43. The molecular formula is C25H26N4O4. The third-order valence-corrected chi connectivity index (χ3v) is 6.03. The summed E-state index contributed by atoms with van der Waals surface area (Å²) in [6, 6.07) is 11.6. The Kier molecular flexibility index (Phi) is 6.08. The number of anilines is 1. The van der Waals surface area contributed by atoms with Crippen molar-refractivity contribution in [2.24, 2.45) is 10.9 Å². The number of carbonyl (C=O) groups excluding carboxylic acids is 1. The topological polar surface area (TPSA) is 97.8 Å². The van der Waals surface area contributed by atoms with Crippen molar-refractivity contribution in [3.05, 3.63) is 59.9 Å². The molecule has 5 rings (SSSR count). The van der Waals surface area contributed by atoms with Crippen LogP contribution < -0.4 is 14.8 Å². The standard InChI is InChI=1S/C25H26N4O4/c1-31-21-4-2-18-11-26-23(9-19(18)8-21)25(30)29-22-5-3-17(20-12-27-28-13-20)10-24(22)33-15-16-6-7-32-14-16/h2-5,8,10,12-13,16H,6-7,9,11,14-15H2,1H3,(H,27,28)(H,29,30). The van der Waals surface area contributed by atoms with Gasteiger partial charge in [0, 0.05) is 30.7 Å². The number of methoxy groups -OCH3 is 1. The van der Waals surface area contributed by atoms with Crippen molar-refractivity contribution in [3.8, 4) is 22.6 Å². The lowest BCUT2D eigenvalue weighted by Crippen LogP contribution is -2.27. The quantitative estimate of drug-likeness (QED) is 0.578. The smallest absolute Gasteiger partial charge is 0.270 e. The van der Waals surface area contributed by atoms with Gasteiger partial charge in [0.15, 0.2) is 0 Å². The van der Waals surface area contributed by atoms with Gasteiger partial charge in [0.1, 0.15) is 17.2 Å². The summed E-state index contributed by atoms with van der Waals surface area (Å²) in [4.78, 5) is 17.6. The lowest BCUT2D eigenvalue weighted by atomic mass is 9.98. The zero-order chi connectivity index (χ0) is 22.6. The Bertz CT molecular complexity index is 1170. The summed E-state index contributed by atoms with van der Waals surface area (Å²) in [6.45, 7) is 2.47. The van der Waals surface area contributed by atoms with Crippen LogP contribution in [-0.2, 0) is 22.5 Å². The van der Waals surface area contributed by atoms with Gasteiger partial charge < -0.3 is 19.5 Å². The molecule has 170 valence electrons. The molecule has 1 unspecified atom stereocenters. The third-order valence-electron chi connectivity index (χ3n) is 6.03. The van der Waals surface area contributed by atoms with E-state index in [0.717, 1.165) is 41.0 Å². The second kappa shape index (κ2) is 9.46.